The number of hydrogen-bond acceptors (Lipinski definition) is 4. The van der Waals surface area contributed by atoms with Crippen LogP contribution in [0.4, 0.5) is 13.2 Å². The molecule has 6 nitrogen and oxygen atoms in total. The topological polar surface area (TPSA) is 96.2 Å². The number of aromatic carboxylic acids is 1. The molecular weight excluding hydrogens is 365 g/mol. The number of halogens is 3. The van der Waals surface area contributed by atoms with Crippen molar-refractivity contribution in [2.45, 2.75) is 6.18 Å². The van der Waals surface area contributed by atoms with Gasteiger partial charge in [-0.2, -0.15) is 18.2 Å². The van der Waals surface area contributed by atoms with Gasteiger partial charge in [-0.1, -0.05) is 12.1 Å². The van der Waals surface area contributed by atoms with Crippen molar-refractivity contribution < 1.29 is 27.5 Å². The van der Waals surface area contributed by atoms with Gasteiger partial charge in [0.15, 0.2) is 0 Å². The average Bonchev–Trinajstić information content (AvgIpc) is 3.08. The van der Waals surface area contributed by atoms with Crippen molar-refractivity contribution in [1.29, 1.82) is 0 Å². The van der Waals surface area contributed by atoms with Crippen molar-refractivity contribution in [2.75, 3.05) is 0 Å². The van der Waals surface area contributed by atoms with E-state index in [0.29, 0.717) is 23.2 Å². The molecule has 2 heterocycles. The van der Waals surface area contributed by atoms with Crippen molar-refractivity contribution in [1.82, 2.24) is 9.97 Å². The summed E-state index contributed by atoms with van der Waals surface area (Å²) < 4.78 is 43.7. The van der Waals surface area contributed by atoms with Crippen LogP contribution in [-0.4, -0.2) is 21.0 Å². The zero-order chi connectivity index (χ0) is 19.6. The lowest BCUT2D eigenvalue weighted by Crippen LogP contribution is -2.19. The number of alkyl halides is 3. The Morgan fingerprint density at radius 3 is 2.63 bits per heavy atom. The van der Waals surface area contributed by atoms with Crippen molar-refractivity contribution in [2.24, 2.45) is 0 Å². The largest absolute Gasteiger partial charge is 0.478 e. The third kappa shape index (κ3) is 4.32. The van der Waals surface area contributed by atoms with E-state index in [1.54, 1.807) is 29.2 Å². The molecule has 0 spiro atoms. The molecule has 0 aliphatic carbocycles. The van der Waals surface area contributed by atoms with E-state index in [0.717, 1.165) is 0 Å². The zero-order valence-corrected chi connectivity index (χ0v) is 13.4. The van der Waals surface area contributed by atoms with E-state index >= 15 is 0 Å². The van der Waals surface area contributed by atoms with Crippen LogP contribution >= 0.6 is 0 Å². The molecular formula is C18H11F3N2O4. The summed E-state index contributed by atoms with van der Waals surface area (Å²) >= 11 is 0. The molecule has 2 aromatic heterocycles. The number of carboxylic acids is 1. The minimum atomic E-state index is -4.70. The van der Waals surface area contributed by atoms with Gasteiger partial charge in [0, 0.05) is 5.56 Å². The summed E-state index contributed by atoms with van der Waals surface area (Å²) in [6.45, 7) is 0. The lowest BCUT2D eigenvalue weighted by molar-refractivity contribution is -0.141. The van der Waals surface area contributed by atoms with Gasteiger partial charge in [0.1, 0.15) is 17.2 Å². The second-order valence-electron chi connectivity index (χ2n) is 5.44. The SMILES string of the molecule is O=C(O)c1cccc(-c2ccc(C=Cc3cc(C(F)(F)F)[nH]c(=O)n3)o2)c1. The Hall–Kier alpha value is -3.62. The third-order valence-electron chi connectivity index (χ3n) is 3.51. The van der Waals surface area contributed by atoms with E-state index in [1.165, 1.54) is 24.3 Å². The van der Waals surface area contributed by atoms with Gasteiger partial charge in [0.25, 0.3) is 0 Å². The number of benzene rings is 1. The second-order valence-corrected chi connectivity index (χ2v) is 5.44. The van der Waals surface area contributed by atoms with Crippen molar-refractivity contribution in [3.8, 4) is 11.3 Å². The molecule has 2 N–H and O–H groups in total. The van der Waals surface area contributed by atoms with Gasteiger partial charge in [-0.05, 0) is 42.5 Å². The molecule has 3 aromatic rings. The number of hydrogen-bond donors (Lipinski definition) is 2. The maximum Gasteiger partial charge on any atom is 0.431 e. The summed E-state index contributed by atoms with van der Waals surface area (Å²) in [5.41, 5.74) is -1.88. The Labute approximate surface area is 149 Å². The monoisotopic (exact) mass is 376 g/mol. The zero-order valence-electron chi connectivity index (χ0n) is 13.4. The van der Waals surface area contributed by atoms with Gasteiger partial charge in [-0.15, -0.1) is 0 Å². The number of H-pyrrole nitrogens is 1. The summed E-state index contributed by atoms with van der Waals surface area (Å²) in [6.07, 6.45) is -2.13. The highest BCUT2D eigenvalue weighted by Crippen LogP contribution is 2.27. The average molecular weight is 376 g/mol. The van der Waals surface area contributed by atoms with E-state index in [-0.39, 0.29) is 11.3 Å². The molecule has 1 aromatic carbocycles. The second kappa shape index (κ2) is 6.94. The molecule has 0 fully saturated rings. The van der Waals surface area contributed by atoms with Gasteiger partial charge < -0.3 is 14.5 Å². The Balaban J connectivity index is 1.86. The first-order chi connectivity index (χ1) is 12.7. The predicted octanol–water partition coefficient (Wildman–Crippen LogP) is 3.92. The van der Waals surface area contributed by atoms with Crippen LogP contribution in [0.15, 0.2) is 51.7 Å². The van der Waals surface area contributed by atoms with E-state index < -0.39 is 23.5 Å². The molecule has 0 saturated carbocycles. The molecule has 0 radical (unpaired) electrons. The summed E-state index contributed by atoms with van der Waals surface area (Å²) in [7, 11) is 0. The van der Waals surface area contributed by atoms with Crippen LogP contribution in [0.2, 0.25) is 0 Å². The highest BCUT2D eigenvalue weighted by Gasteiger charge is 2.32. The predicted molar refractivity (Wildman–Crippen MR) is 89.9 cm³/mol. The highest BCUT2D eigenvalue weighted by atomic mass is 19.4. The Morgan fingerprint density at radius 1 is 1.15 bits per heavy atom. The maximum atomic E-state index is 12.7. The summed E-state index contributed by atoms with van der Waals surface area (Å²) in [6, 6.07) is 9.94. The fourth-order valence-electron chi connectivity index (χ4n) is 2.29. The van der Waals surface area contributed by atoms with Crippen molar-refractivity contribution in [3.63, 3.8) is 0 Å². The van der Waals surface area contributed by atoms with Crippen LogP contribution < -0.4 is 5.69 Å². The molecule has 0 aliphatic rings. The van der Waals surface area contributed by atoms with E-state index in [1.807, 2.05) is 0 Å². The molecule has 0 atom stereocenters. The minimum absolute atomic E-state index is 0.0911. The Bertz CT molecular complexity index is 1080. The number of aromatic nitrogens is 2. The van der Waals surface area contributed by atoms with Crippen LogP contribution in [0.1, 0.15) is 27.5 Å². The van der Waals surface area contributed by atoms with Crippen molar-refractivity contribution >= 4 is 18.1 Å². The van der Waals surface area contributed by atoms with E-state index in [2.05, 4.69) is 4.98 Å². The summed E-state index contributed by atoms with van der Waals surface area (Å²) in [5.74, 6) is -0.404. The number of nitrogens with one attached hydrogen (secondary N) is 1. The molecule has 9 heteroatoms. The van der Waals surface area contributed by atoms with E-state index in [4.69, 9.17) is 9.52 Å². The van der Waals surface area contributed by atoms with Gasteiger partial charge in [-0.25, -0.2) is 9.59 Å². The summed E-state index contributed by atoms with van der Waals surface area (Å²) in [5, 5.41) is 9.02. The summed E-state index contributed by atoms with van der Waals surface area (Å²) in [4.78, 5) is 27.4. The molecule has 3 rings (SSSR count). The van der Waals surface area contributed by atoms with Crippen LogP contribution in [0.25, 0.3) is 23.5 Å². The fraction of sp³-hybridized carbons (Fsp3) is 0.0556. The lowest BCUT2D eigenvalue weighted by Gasteiger charge is -2.05. The normalized spacial score (nSPS) is 11.8. The molecule has 138 valence electrons. The molecule has 0 amide bonds. The quantitative estimate of drug-likeness (QED) is 0.720. The van der Waals surface area contributed by atoms with Gasteiger partial charge in [-0.3, -0.25) is 0 Å². The van der Waals surface area contributed by atoms with E-state index in [9.17, 15) is 22.8 Å². The van der Waals surface area contributed by atoms with Crippen molar-refractivity contribution in [3.05, 3.63) is 75.7 Å². The number of furan rings is 1. The first kappa shape index (κ1) is 18.2. The van der Waals surface area contributed by atoms with Crippen LogP contribution in [-0.2, 0) is 6.18 Å². The molecule has 0 saturated heterocycles. The highest BCUT2D eigenvalue weighted by molar-refractivity contribution is 5.89. The van der Waals surface area contributed by atoms with Crippen LogP contribution in [0, 0.1) is 0 Å². The molecule has 0 bridgehead atoms. The first-order valence-corrected chi connectivity index (χ1v) is 7.52. The molecule has 27 heavy (non-hydrogen) atoms. The number of carboxylic acid groups (broad SMARTS) is 1. The fourth-order valence-corrected chi connectivity index (χ4v) is 2.29. The lowest BCUT2D eigenvalue weighted by atomic mass is 10.1. The molecule has 0 unspecified atom stereocenters. The van der Waals surface area contributed by atoms with Gasteiger partial charge >= 0.3 is 17.8 Å². The number of aromatic amines is 1. The Morgan fingerprint density at radius 2 is 1.93 bits per heavy atom. The van der Waals surface area contributed by atoms with Gasteiger partial charge in [0.2, 0.25) is 0 Å². The number of nitrogens with zero attached hydrogens (tertiary/aromatic N) is 1. The standard InChI is InChI=1S/C18H11F3N2O4/c19-18(20,21)15-9-12(22-17(26)23-15)4-5-13-6-7-14(27-13)10-2-1-3-11(8-10)16(24)25/h1-9H,(H,24,25)(H,22,23,26). The first-order valence-electron chi connectivity index (χ1n) is 7.52. The smallest absolute Gasteiger partial charge is 0.431 e. The third-order valence-corrected chi connectivity index (χ3v) is 3.51. The maximum absolute atomic E-state index is 12.7. The minimum Gasteiger partial charge on any atom is -0.478 e. The Kier molecular flexibility index (Phi) is 4.68. The van der Waals surface area contributed by atoms with Crippen LogP contribution in [0.3, 0.4) is 0 Å². The number of carbonyl (C=O) groups is 1. The van der Waals surface area contributed by atoms with Crippen LogP contribution in [0.5, 0.6) is 0 Å². The number of rotatable bonds is 4. The molecule has 0 aliphatic heterocycles. The van der Waals surface area contributed by atoms with Gasteiger partial charge in [0.05, 0.1) is 11.3 Å².